The third-order valence-corrected chi connectivity index (χ3v) is 2.21. The number of methoxy groups -OCH3 is 2. The first-order valence-corrected chi connectivity index (χ1v) is 5.32. The molecule has 1 N–H and O–H groups in total. The van der Waals surface area contributed by atoms with Crippen molar-refractivity contribution < 1.29 is 14.3 Å². The third-order valence-electron chi connectivity index (χ3n) is 2.21. The molecule has 0 radical (unpaired) electrons. The van der Waals surface area contributed by atoms with Gasteiger partial charge in [0.25, 0.3) is 0 Å². The highest BCUT2D eigenvalue weighted by molar-refractivity contribution is 5.92. The summed E-state index contributed by atoms with van der Waals surface area (Å²) in [6.45, 7) is 1.75. The molecular formula is C11H14N4O3. The van der Waals surface area contributed by atoms with E-state index in [1.807, 2.05) is 6.07 Å². The molecule has 1 heterocycles. The van der Waals surface area contributed by atoms with Crippen molar-refractivity contribution >= 4 is 11.9 Å². The zero-order valence-electron chi connectivity index (χ0n) is 10.4. The van der Waals surface area contributed by atoms with E-state index in [1.54, 1.807) is 6.92 Å². The Hall–Kier alpha value is -2.36. The van der Waals surface area contributed by atoms with Crippen LogP contribution in [-0.2, 0) is 4.79 Å². The lowest BCUT2D eigenvalue weighted by molar-refractivity contribution is -0.118. The van der Waals surface area contributed by atoms with Gasteiger partial charge in [-0.05, 0) is 6.42 Å². The fourth-order valence-electron chi connectivity index (χ4n) is 1.20. The lowest BCUT2D eigenvalue weighted by atomic mass is 10.1. The van der Waals surface area contributed by atoms with Crippen LogP contribution >= 0.6 is 0 Å². The number of amides is 1. The molecule has 96 valence electrons. The number of nitrogens with zero attached hydrogens (tertiary/aromatic N) is 3. The highest BCUT2D eigenvalue weighted by Crippen LogP contribution is 2.17. The summed E-state index contributed by atoms with van der Waals surface area (Å²) in [6.07, 6.45) is 0.420. The Morgan fingerprint density at radius 3 is 2.39 bits per heavy atom. The van der Waals surface area contributed by atoms with E-state index in [4.69, 9.17) is 14.7 Å². The number of hydrogen-bond acceptors (Lipinski definition) is 6. The second-order valence-electron chi connectivity index (χ2n) is 3.36. The van der Waals surface area contributed by atoms with E-state index >= 15 is 0 Å². The quantitative estimate of drug-likeness (QED) is 0.836. The van der Waals surface area contributed by atoms with Crippen LogP contribution in [0.15, 0.2) is 6.07 Å². The van der Waals surface area contributed by atoms with Gasteiger partial charge in [0.1, 0.15) is 5.92 Å². The molecule has 0 aromatic carbocycles. The average molecular weight is 250 g/mol. The summed E-state index contributed by atoms with van der Waals surface area (Å²) in [5.41, 5.74) is 0. The Balaban J connectivity index is 2.90. The normalized spacial score (nSPS) is 11.2. The highest BCUT2D eigenvalue weighted by atomic mass is 16.5. The van der Waals surface area contributed by atoms with E-state index in [2.05, 4.69) is 15.3 Å². The minimum atomic E-state index is -0.731. The molecule has 1 rings (SSSR count). The second-order valence-corrected chi connectivity index (χ2v) is 3.36. The molecule has 0 aliphatic carbocycles. The molecule has 0 fully saturated rings. The second kappa shape index (κ2) is 6.39. The molecule has 1 aromatic heterocycles. The van der Waals surface area contributed by atoms with E-state index in [0.29, 0.717) is 6.42 Å². The Kier molecular flexibility index (Phi) is 4.87. The predicted molar refractivity (Wildman–Crippen MR) is 63.2 cm³/mol. The van der Waals surface area contributed by atoms with E-state index < -0.39 is 11.8 Å². The van der Waals surface area contributed by atoms with Crippen LogP contribution in [0.1, 0.15) is 13.3 Å². The number of hydrogen-bond donors (Lipinski definition) is 1. The number of carbonyl (C=O) groups excluding carboxylic acids is 1. The van der Waals surface area contributed by atoms with Crippen molar-refractivity contribution in [2.45, 2.75) is 13.3 Å². The minimum absolute atomic E-state index is 0.0462. The van der Waals surface area contributed by atoms with Gasteiger partial charge in [-0.25, -0.2) is 0 Å². The summed E-state index contributed by atoms with van der Waals surface area (Å²) < 4.78 is 9.89. The first-order chi connectivity index (χ1) is 8.64. The summed E-state index contributed by atoms with van der Waals surface area (Å²) in [5, 5.41) is 11.2. The molecule has 0 bridgehead atoms. The van der Waals surface area contributed by atoms with Crippen molar-refractivity contribution in [1.29, 1.82) is 5.26 Å². The lowest BCUT2D eigenvalue weighted by Crippen LogP contribution is -2.22. The van der Waals surface area contributed by atoms with Gasteiger partial charge in [-0.3, -0.25) is 10.1 Å². The number of rotatable bonds is 5. The number of carbonyl (C=O) groups is 1. The Labute approximate surface area is 105 Å². The molecule has 1 aromatic rings. The molecular weight excluding hydrogens is 236 g/mol. The molecule has 0 saturated carbocycles. The van der Waals surface area contributed by atoms with Gasteiger partial charge in [-0.15, -0.1) is 0 Å². The first kappa shape index (κ1) is 13.7. The number of ether oxygens (including phenoxy) is 2. The summed E-state index contributed by atoms with van der Waals surface area (Å²) in [6, 6.07) is 3.38. The van der Waals surface area contributed by atoms with Crippen LogP contribution in [0.25, 0.3) is 0 Å². The topological polar surface area (TPSA) is 97.1 Å². The van der Waals surface area contributed by atoms with Gasteiger partial charge in [0, 0.05) is 0 Å². The summed E-state index contributed by atoms with van der Waals surface area (Å²) >= 11 is 0. The Morgan fingerprint density at radius 1 is 1.44 bits per heavy atom. The van der Waals surface area contributed by atoms with Crippen LogP contribution in [-0.4, -0.2) is 30.1 Å². The molecule has 0 spiro atoms. The van der Waals surface area contributed by atoms with Crippen LogP contribution in [0.2, 0.25) is 0 Å². The van der Waals surface area contributed by atoms with Crippen LogP contribution in [0.4, 0.5) is 5.95 Å². The maximum absolute atomic E-state index is 11.7. The fraction of sp³-hybridized carbons (Fsp3) is 0.455. The number of aromatic nitrogens is 2. The van der Waals surface area contributed by atoms with Gasteiger partial charge >= 0.3 is 0 Å². The monoisotopic (exact) mass is 250 g/mol. The molecule has 1 amide bonds. The van der Waals surface area contributed by atoms with Gasteiger partial charge in [-0.2, -0.15) is 15.2 Å². The molecule has 1 unspecified atom stereocenters. The molecule has 0 aliphatic heterocycles. The molecule has 7 heteroatoms. The van der Waals surface area contributed by atoms with Crippen molar-refractivity contribution in [2.75, 3.05) is 19.5 Å². The minimum Gasteiger partial charge on any atom is -0.481 e. The first-order valence-electron chi connectivity index (χ1n) is 5.32. The van der Waals surface area contributed by atoms with Crippen LogP contribution in [0, 0.1) is 17.2 Å². The van der Waals surface area contributed by atoms with E-state index in [9.17, 15) is 4.79 Å². The number of anilines is 1. The Bertz CT molecular complexity index is 448. The standard InChI is InChI=1S/C11H14N4O3/c1-4-7(6-12)10(16)15-11-13-8(17-2)5-9(14-11)18-3/h5,7H,4H2,1-3H3,(H,13,14,15,16). The van der Waals surface area contributed by atoms with Crippen LogP contribution in [0.5, 0.6) is 11.8 Å². The van der Waals surface area contributed by atoms with Gasteiger partial charge in [0.05, 0.1) is 26.4 Å². The van der Waals surface area contributed by atoms with E-state index in [1.165, 1.54) is 20.3 Å². The van der Waals surface area contributed by atoms with Gasteiger partial charge in [0.15, 0.2) is 0 Å². The molecule has 7 nitrogen and oxygen atoms in total. The van der Waals surface area contributed by atoms with E-state index in [0.717, 1.165) is 0 Å². The zero-order chi connectivity index (χ0) is 13.5. The molecule has 18 heavy (non-hydrogen) atoms. The lowest BCUT2D eigenvalue weighted by Gasteiger charge is -2.09. The summed E-state index contributed by atoms with van der Waals surface area (Å²) in [5.74, 6) is -0.602. The number of nitriles is 1. The van der Waals surface area contributed by atoms with Crippen molar-refractivity contribution in [3.05, 3.63) is 6.07 Å². The predicted octanol–water partition coefficient (Wildman–Crippen LogP) is 0.982. The van der Waals surface area contributed by atoms with Crippen molar-refractivity contribution in [3.8, 4) is 17.8 Å². The van der Waals surface area contributed by atoms with Crippen molar-refractivity contribution in [2.24, 2.45) is 5.92 Å². The third kappa shape index (κ3) is 3.31. The summed E-state index contributed by atoms with van der Waals surface area (Å²) in [4.78, 5) is 19.6. The molecule has 1 atom stereocenters. The highest BCUT2D eigenvalue weighted by Gasteiger charge is 2.17. The molecule has 0 aliphatic rings. The maximum atomic E-state index is 11.7. The van der Waals surface area contributed by atoms with Crippen molar-refractivity contribution in [3.63, 3.8) is 0 Å². The smallest absolute Gasteiger partial charge is 0.244 e. The average Bonchev–Trinajstić information content (AvgIpc) is 2.39. The van der Waals surface area contributed by atoms with Gasteiger partial charge in [0.2, 0.25) is 23.6 Å². The summed E-state index contributed by atoms with van der Waals surface area (Å²) in [7, 11) is 2.88. The largest absolute Gasteiger partial charge is 0.481 e. The van der Waals surface area contributed by atoms with Crippen LogP contribution < -0.4 is 14.8 Å². The zero-order valence-corrected chi connectivity index (χ0v) is 10.4. The fourth-order valence-corrected chi connectivity index (χ4v) is 1.20. The van der Waals surface area contributed by atoms with Gasteiger partial charge in [-0.1, -0.05) is 6.92 Å². The molecule has 0 saturated heterocycles. The van der Waals surface area contributed by atoms with Crippen LogP contribution in [0.3, 0.4) is 0 Å². The maximum Gasteiger partial charge on any atom is 0.244 e. The SMILES string of the molecule is CCC(C#N)C(=O)Nc1nc(OC)cc(OC)n1. The number of nitrogens with one attached hydrogen (secondary N) is 1. The Morgan fingerprint density at radius 2 is 2.00 bits per heavy atom. The van der Waals surface area contributed by atoms with Gasteiger partial charge < -0.3 is 9.47 Å². The van der Waals surface area contributed by atoms with Crippen molar-refractivity contribution in [1.82, 2.24) is 9.97 Å². The van der Waals surface area contributed by atoms with E-state index in [-0.39, 0.29) is 17.7 Å².